The van der Waals surface area contributed by atoms with Crippen molar-refractivity contribution in [2.45, 2.75) is 12.8 Å². The molecule has 2 aromatic carbocycles. The van der Waals surface area contributed by atoms with Crippen molar-refractivity contribution >= 4 is 22.1 Å². The molecule has 4 heterocycles. The van der Waals surface area contributed by atoms with E-state index >= 15 is 0 Å². The molecule has 8 nitrogen and oxygen atoms in total. The van der Waals surface area contributed by atoms with Crippen LogP contribution >= 0.6 is 0 Å². The van der Waals surface area contributed by atoms with E-state index in [2.05, 4.69) is 30.1 Å². The van der Waals surface area contributed by atoms with Gasteiger partial charge in [0.25, 0.3) is 0 Å². The molecule has 154 valence electrons. The Morgan fingerprint density at radius 2 is 1.06 bits per heavy atom. The van der Waals surface area contributed by atoms with Gasteiger partial charge in [0.1, 0.15) is 0 Å². The Labute approximate surface area is 191 Å². The van der Waals surface area contributed by atoms with Crippen molar-refractivity contribution in [3.05, 3.63) is 84.4 Å². The van der Waals surface area contributed by atoms with Crippen molar-refractivity contribution in [1.82, 2.24) is 39.5 Å². The molecule has 0 spiro atoms. The second-order valence-corrected chi connectivity index (χ2v) is 7.03. The van der Waals surface area contributed by atoms with E-state index in [-0.39, 0.29) is 21.1 Å². The summed E-state index contributed by atoms with van der Waals surface area (Å²) in [6.45, 7) is 0. The third-order valence-electron chi connectivity index (χ3n) is 4.98. The predicted octanol–water partition coefficient (Wildman–Crippen LogP) is 2.85. The zero-order chi connectivity index (χ0) is 19.9. The number of benzene rings is 2. The molecule has 9 heteroatoms. The SMILES string of the molecule is [Pt+2].c1ccc2[n-]c(-n3ccc(CCc4ccn(-c5nc6ccccc6[n-]5)n4)n3)nc2c1. The maximum atomic E-state index is 4.62. The minimum Gasteiger partial charge on any atom is -0.357 e. The van der Waals surface area contributed by atoms with E-state index in [1.54, 1.807) is 9.36 Å². The Morgan fingerprint density at radius 3 is 1.52 bits per heavy atom. The molecule has 0 N–H and O–H groups in total. The normalized spacial score (nSPS) is 11.2. The van der Waals surface area contributed by atoms with Gasteiger partial charge < -0.3 is 29.3 Å². The molecule has 0 bridgehead atoms. The average molecular weight is 588 g/mol. The maximum absolute atomic E-state index is 4.62. The summed E-state index contributed by atoms with van der Waals surface area (Å²) in [6, 6.07) is 19.6. The van der Waals surface area contributed by atoms with Crippen molar-refractivity contribution in [2.75, 3.05) is 0 Å². The van der Waals surface area contributed by atoms with E-state index in [4.69, 9.17) is 0 Å². The summed E-state index contributed by atoms with van der Waals surface area (Å²) in [5.74, 6) is 1.18. The van der Waals surface area contributed by atoms with Crippen molar-refractivity contribution in [2.24, 2.45) is 0 Å². The summed E-state index contributed by atoms with van der Waals surface area (Å²) in [7, 11) is 0. The molecule has 0 aliphatic carbocycles. The number of para-hydroxylation sites is 4. The molecule has 31 heavy (non-hydrogen) atoms. The molecule has 0 amide bonds. The number of hydrogen-bond donors (Lipinski definition) is 0. The van der Waals surface area contributed by atoms with Crippen LogP contribution in [0.2, 0.25) is 0 Å². The number of fused-ring (bicyclic) bond motifs is 2. The fraction of sp³-hybridized carbons (Fsp3) is 0.0909. The second kappa shape index (κ2) is 7.96. The van der Waals surface area contributed by atoms with Gasteiger partial charge >= 0.3 is 21.1 Å². The Balaban J connectivity index is 0.00000204. The summed E-state index contributed by atoms with van der Waals surface area (Å²) in [6.07, 6.45) is 5.33. The van der Waals surface area contributed by atoms with Gasteiger partial charge in [-0.2, -0.15) is 0 Å². The molecule has 0 fully saturated rings. The van der Waals surface area contributed by atoms with E-state index < -0.39 is 0 Å². The monoisotopic (exact) mass is 587 g/mol. The molecule has 6 aromatic rings. The largest absolute Gasteiger partial charge is 2.00 e. The number of rotatable bonds is 5. The molecule has 0 aliphatic heterocycles. The predicted molar refractivity (Wildman–Crippen MR) is 112 cm³/mol. The van der Waals surface area contributed by atoms with Gasteiger partial charge in [-0.15, -0.1) is 0 Å². The van der Waals surface area contributed by atoms with Gasteiger partial charge in [-0.05, 0) is 37.4 Å². The summed E-state index contributed by atoms with van der Waals surface area (Å²) in [5, 5.41) is 9.23. The number of aromatic nitrogens is 8. The van der Waals surface area contributed by atoms with Gasteiger partial charge in [-0.1, -0.05) is 48.5 Å². The van der Waals surface area contributed by atoms with Crippen LogP contribution in [-0.2, 0) is 33.9 Å². The summed E-state index contributed by atoms with van der Waals surface area (Å²) in [5.41, 5.74) is 5.42. The molecule has 0 aliphatic rings. The maximum Gasteiger partial charge on any atom is 2.00 e. The first-order valence-electron chi connectivity index (χ1n) is 9.71. The third-order valence-corrected chi connectivity index (χ3v) is 4.98. The molecular formula is C22H16N8Pt. The van der Waals surface area contributed by atoms with Crippen LogP contribution in [0.3, 0.4) is 0 Å². The van der Waals surface area contributed by atoms with Crippen molar-refractivity contribution in [3.63, 3.8) is 0 Å². The fourth-order valence-electron chi connectivity index (χ4n) is 3.46. The number of aryl methyl sites for hydroxylation is 2. The minimum atomic E-state index is 0. The number of imidazole rings is 2. The second-order valence-electron chi connectivity index (χ2n) is 7.03. The van der Waals surface area contributed by atoms with E-state index in [0.29, 0.717) is 11.9 Å². The van der Waals surface area contributed by atoms with Gasteiger partial charge in [0.2, 0.25) is 0 Å². The van der Waals surface area contributed by atoms with Crippen molar-refractivity contribution in [1.29, 1.82) is 0 Å². The topological polar surface area (TPSA) is 89.6 Å². The van der Waals surface area contributed by atoms with E-state index in [9.17, 15) is 0 Å². The smallest absolute Gasteiger partial charge is 0.357 e. The Hall–Kier alpha value is -3.51. The molecule has 0 unspecified atom stereocenters. The van der Waals surface area contributed by atoms with Gasteiger partial charge in [-0.3, -0.25) is 0 Å². The molecule has 0 atom stereocenters. The van der Waals surface area contributed by atoms with Crippen LogP contribution in [0.1, 0.15) is 11.4 Å². The van der Waals surface area contributed by atoms with Crippen LogP contribution in [-0.4, -0.2) is 29.5 Å². The minimum absolute atomic E-state index is 0. The van der Waals surface area contributed by atoms with Crippen LogP contribution in [0.4, 0.5) is 0 Å². The van der Waals surface area contributed by atoms with Crippen molar-refractivity contribution < 1.29 is 21.1 Å². The van der Waals surface area contributed by atoms with Gasteiger partial charge in [-0.25, -0.2) is 10.2 Å². The summed E-state index contributed by atoms with van der Waals surface area (Å²) >= 11 is 0. The van der Waals surface area contributed by atoms with Gasteiger partial charge in [0, 0.05) is 45.4 Å². The standard InChI is InChI=1S/C22H16N8.Pt/c1-2-6-18-17(5-1)23-21(24-18)29-13-11-15(27-29)9-10-16-12-14-30(28-16)22-25-19-7-3-4-8-20(19)26-22;/h1-8,11-14H,9-10H2;/q-2;+2. The molecule has 4 aromatic heterocycles. The molecule has 0 saturated heterocycles. The van der Waals surface area contributed by atoms with Gasteiger partial charge in [0.15, 0.2) is 0 Å². The van der Waals surface area contributed by atoms with Gasteiger partial charge in [0.05, 0.1) is 0 Å². The third kappa shape index (κ3) is 3.70. The van der Waals surface area contributed by atoms with Crippen LogP contribution in [0.25, 0.3) is 34.0 Å². The Bertz CT molecular complexity index is 1290. The fourth-order valence-corrected chi connectivity index (χ4v) is 3.46. The first kappa shape index (κ1) is 19.5. The van der Waals surface area contributed by atoms with Crippen molar-refractivity contribution in [3.8, 4) is 11.9 Å². The van der Waals surface area contributed by atoms with Crippen LogP contribution < -0.4 is 9.97 Å². The first-order valence-corrected chi connectivity index (χ1v) is 9.71. The first-order chi connectivity index (χ1) is 14.8. The average Bonchev–Trinajstić information content (AvgIpc) is 3.56. The van der Waals surface area contributed by atoms with Crippen LogP contribution in [0.5, 0.6) is 0 Å². The number of nitrogens with zero attached hydrogens (tertiary/aromatic N) is 8. The Morgan fingerprint density at radius 1 is 0.613 bits per heavy atom. The summed E-state index contributed by atoms with van der Waals surface area (Å²) < 4.78 is 3.44. The molecule has 0 saturated carbocycles. The molecular weight excluding hydrogens is 571 g/mol. The quantitative estimate of drug-likeness (QED) is 0.308. The van der Waals surface area contributed by atoms with E-state index in [1.807, 2.05) is 73.1 Å². The number of hydrogen-bond acceptors (Lipinski definition) is 4. The van der Waals surface area contributed by atoms with E-state index in [1.165, 1.54) is 0 Å². The molecule has 0 radical (unpaired) electrons. The molecule has 6 rings (SSSR count). The zero-order valence-electron chi connectivity index (χ0n) is 16.2. The zero-order valence-corrected chi connectivity index (χ0v) is 18.5. The Kier molecular flexibility index (Phi) is 5.00. The van der Waals surface area contributed by atoms with Crippen LogP contribution in [0.15, 0.2) is 73.1 Å². The van der Waals surface area contributed by atoms with Crippen LogP contribution in [0, 0.1) is 0 Å². The van der Waals surface area contributed by atoms with E-state index in [0.717, 1.165) is 46.3 Å². The summed E-state index contributed by atoms with van der Waals surface area (Å²) in [4.78, 5) is 18.1.